The van der Waals surface area contributed by atoms with Gasteiger partial charge in [0.15, 0.2) is 0 Å². The zero-order valence-corrected chi connectivity index (χ0v) is 11.5. The van der Waals surface area contributed by atoms with Crippen molar-refractivity contribution < 1.29 is 4.79 Å². The first kappa shape index (κ1) is 13.8. The number of likely N-dealkylation sites (tertiary alicyclic amines) is 1. The first-order chi connectivity index (χ1) is 7.69. The molecule has 1 rings (SSSR count). The molecule has 0 radical (unpaired) electrons. The zero-order valence-electron chi connectivity index (χ0n) is 10.7. The maximum atomic E-state index is 12.1. The molecule has 1 heterocycles. The molecule has 0 aliphatic carbocycles. The minimum atomic E-state index is 0.0720. The standard InChI is InChI=1S/C12H24N2OS/c1-4-7-13-11-6-5-8-14(12(11)15)9-10(2)16-3/h10-11,13H,4-9H2,1-3H3. The predicted molar refractivity (Wildman–Crippen MR) is 70.9 cm³/mol. The lowest BCUT2D eigenvalue weighted by Gasteiger charge is -2.34. The second kappa shape index (κ2) is 7.17. The van der Waals surface area contributed by atoms with Crippen molar-refractivity contribution in [1.82, 2.24) is 10.2 Å². The van der Waals surface area contributed by atoms with E-state index in [1.54, 1.807) is 0 Å². The van der Waals surface area contributed by atoms with Gasteiger partial charge in [-0.3, -0.25) is 4.79 Å². The fourth-order valence-corrected chi connectivity index (χ4v) is 2.34. The summed E-state index contributed by atoms with van der Waals surface area (Å²) in [6.07, 6.45) is 5.33. The number of nitrogens with one attached hydrogen (secondary N) is 1. The molecule has 1 aliphatic heterocycles. The number of amides is 1. The Hall–Kier alpha value is -0.220. The fourth-order valence-electron chi connectivity index (χ4n) is 2.01. The van der Waals surface area contributed by atoms with E-state index in [1.807, 2.05) is 16.7 Å². The van der Waals surface area contributed by atoms with E-state index in [2.05, 4.69) is 25.4 Å². The van der Waals surface area contributed by atoms with E-state index in [0.29, 0.717) is 11.2 Å². The summed E-state index contributed by atoms with van der Waals surface area (Å²) < 4.78 is 0. The van der Waals surface area contributed by atoms with Gasteiger partial charge in [-0.1, -0.05) is 13.8 Å². The highest BCUT2D eigenvalue weighted by Crippen LogP contribution is 2.15. The molecule has 94 valence electrons. The molecule has 3 nitrogen and oxygen atoms in total. The Kier molecular flexibility index (Phi) is 6.21. The van der Waals surface area contributed by atoms with E-state index in [0.717, 1.165) is 38.9 Å². The van der Waals surface area contributed by atoms with Crippen LogP contribution in [0.1, 0.15) is 33.1 Å². The summed E-state index contributed by atoms with van der Waals surface area (Å²) in [4.78, 5) is 14.2. The Morgan fingerprint density at radius 3 is 3.00 bits per heavy atom. The van der Waals surface area contributed by atoms with Crippen LogP contribution in [-0.2, 0) is 4.79 Å². The normalized spacial score (nSPS) is 23.6. The van der Waals surface area contributed by atoms with E-state index in [4.69, 9.17) is 0 Å². The summed E-state index contributed by atoms with van der Waals surface area (Å²) in [5.74, 6) is 0.306. The SMILES string of the molecule is CCCNC1CCCN(CC(C)SC)C1=O. The molecule has 4 heteroatoms. The zero-order chi connectivity index (χ0) is 12.0. The van der Waals surface area contributed by atoms with Crippen molar-refractivity contribution in [2.24, 2.45) is 0 Å². The monoisotopic (exact) mass is 244 g/mol. The highest BCUT2D eigenvalue weighted by Gasteiger charge is 2.28. The van der Waals surface area contributed by atoms with Gasteiger partial charge >= 0.3 is 0 Å². The van der Waals surface area contributed by atoms with Gasteiger partial charge < -0.3 is 10.2 Å². The molecule has 0 bridgehead atoms. The molecular formula is C12H24N2OS. The van der Waals surface area contributed by atoms with Gasteiger partial charge in [0.05, 0.1) is 6.04 Å². The van der Waals surface area contributed by atoms with Gasteiger partial charge in [0.25, 0.3) is 0 Å². The molecule has 2 unspecified atom stereocenters. The summed E-state index contributed by atoms with van der Waals surface area (Å²) in [7, 11) is 0. The molecule has 2 atom stereocenters. The van der Waals surface area contributed by atoms with Gasteiger partial charge in [0, 0.05) is 18.3 Å². The van der Waals surface area contributed by atoms with Crippen LogP contribution in [0.2, 0.25) is 0 Å². The van der Waals surface area contributed by atoms with Crippen LogP contribution in [0.25, 0.3) is 0 Å². The van der Waals surface area contributed by atoms with Crippen molar-refractivity contribution in [3.8, 4) is 0 Å². The number of carbonyl (C=O) groups excluding carboxylic acids is 1. The van der Waals surface area contributed by atoms with Gasteiger partial charge in [0.1, 0.15) is 0 Å². The Balaban J connectivity index is 2.43. The maximum absolute atomic E-state index is 12.1. The van der Waals surface area contributed by atoms with Crippen molar-refractivity contribution in [3.05, 3.63) is 0 Å². The summed E-state index contributed by atoms with van der Waals surface area (Å²) in [6, 6.07) is 0.0720. The summed E-state index contributed by atoms with van der Waals surface area (Å²) >= 11 is 1.83. The third-order valence-corrected chi connectivity index (χ3v) is 4.01. The van der Waals surface area contributed by atoms with Crippen LogP contribution < -0.4 is 5.32 Å². The topological polar surface area (TPSA) is 32.3 Å². The minimum absolute atomic E-state index is 0.0720. The number of thioether (sulfide) groups is 1. The Morgan fingerprint density at radius 2 is 2.38 bits per heavy atom. The molecule has 0 aromatic rings. The Morgan fingerprint density at radius 1 is 1.62 bits per heavy atom. The molecule has 0 aromatic carbocycles. The number of nitrogens with zero attached hydrogens (tertiary/aromatic N) is 1. The van der Waals surface area contributed by atoms with E-state index in [1.165, 1.54) is 0 Å². The molecule has 1 aliphatic rings. The number of hydrogen-bond donors (Lipinski definition) is 1. The number of carbonyl (C=O) groups is 1. The van der Waals surface area contributed by atoms with E-state index in [9.17, 15) is 4.79 Å². The summed E-state index contributed by atoms with van der Waals surface area (Å²) in [6.45, 7) is 7.09. The molecule has 0 aromatic heterocycles. The number of piperidine rings is 1. The fraction of sp³-hybridized carbons (Fsp3) is 0.917. The maximum Gasteiger partial charge on any atom is 0.239 e. The van der Waals surface area contributed by atoms with Crippen LogP contribution in [0.3, 0.4) is 0 Å². The Labute approximate surface area is 103 Å². The minimum Gasteiger partial charge on any atom is -0.340 e. The second-order valence-electron chi connectivity index (χ2n) is 4.48. The van der Waals surface area contributed by atoms with Crippen molar-refractivity contribution in [3.63, 3.8) is 0 Å². The lowest BCUT2D eigenvalue weighted by atomic mass is 10.0. The van der Waals surface area contributed by atoms with Crippen LogP contribution in [0, 0.1) is 0 Å². The summed E-state index contributed by atoms with van der Waals surface area (Å²) in [5.41, 5.74) is 0. The first-order valence-corrected chi connectivity index (χ1v) is 7.52. The van der Waals surface area contributed by atoms with Gasteiger partial charge in [-0.05, 0) is 32.1 Å². The van der Waals surface area contributed by atoms with Crippen molar-refractivity contribution in [2.75, 3.05) is 25.9 Å². The lowest BCUT2D eigenvalue weighted by Crippen LogP contribution is -2.52. The van der Waals surface area contributed by atoms with Gasteiger partial charge in [-0.2, -0.15) is 11.8 Å². The van der Waals surface area contributed by atoms with Crippen molar-refractivity contribution >= 4 is 17.7 Å². The molecule has 1 saturated heterocycles. The van der Waals surface area contributed by atoms with Crippen LogP contribution in [0.5, 0.6) is 0 Å². The highest BCUT2D eigenvalue weighted by atomic mass is 32.2. The van der Waals surface area contributed by atoms with Crippen LogP contribution in [0.15, 0.2) is 0 Å². The first-order valence-electron chi connectivity index (χ1n) is 6.24. The van der Waals surface area contributed by atoms with Crippen LogP contribution >= 0.6 is 11.8 Å². The molecule has 1 fully saturated rings. The smallest absolute Gasteiger partial charge is 0.239 e. The Bertz CT molecular complexity index is 223. The van der Waals surface area contributed by atoms with Gasteiger partial charge in [-0.25, -0.2) is 0 Å². The van der Waals surface area contributed by atoms with Gasteiger partial charge in [-0.15, -0.1) is 0 Å². The molecule has 0 saturated carbocycles. The largest absolute Gasteiger partial charge is 0.340 e. The number of rotatable bonds is 6. The lowest BCUT2D eigenvalue weighted by molar-refractivity contribution is -0.135. The van der Waals surface area contributed by atoms with Crippen LogP contribution in [-0.4, -0.2) is 48.0 Å². The quantitative estimate of drug-likeness (QED) is 0.772. The number of hydrogen-bond acceptors (Lipinski definition) is 3. The molecule has 1 amide bonds. The third kappa shape index (κ3) is 3.98. The molecule has 1 N–H and O–H groups in total. The van der Waals surface area contributed by atoms with Crippen molar-refractivity contribution in [1.29, 1.82) is 0 Å². The van der Waals surface area contributed by atoms with Gasteiger partial charge in [0.2, 0.25) is 5.91 Å². The van der Waals surface area contributed by atoms with Crippen molar-refractivity contribution in [2.45, 2.75) is 44.4 Å². The molecule has 0 spiro atoms. The van der Waals surface area contributed by atoms with Crippen LogP contribution in [0.4, 0.5) is 0 Å². The molecule has 16 heavy (non-hydrogen) atoms. The predicted octanol–water partition coefficient (Wildman–Crippen LogP) is 1.73. The average molecular weight is 244 g/mol. The third-order valence-electron chi connectivity index (χ3n) is 3.05. The summed E-state index contributed by atoms with van der Waals surface area (Å²) in [5, 5.41) is 3.88. The van der Waals surface area contributed by atoms with E-state index in [-0.39, 0.29) is 6.04 Å². The second-order valence-corrected chi connectivity index (χ2v) is 5.76. The van der Waals surface area contributed by atoms with E-state index >= 15 is 0 Å². The highest BCUT2D eigenvalue weighted by molar-refractivity contribution is 7.99. The van der Waals surface area contributed by atoms with E-state index < -0.39 is 0 Å². The molecular weight excluding hydrogens is 220 g/mol. The average Bonchev–Trinajstić information content (AvgIpc) is 2.30.